The maximum absolute atomic E-state index is 12.0. The predicted octanol–water partition coefficient (Wildman–Crippen LogP) is 3.19. The Morgan fingerprint density at radius 3 is 2.90 bits per heavy atom. The van der Waals surface area contributed by atoms with E-state index in [0.717, 1.165) is 32.3 Å². The van der Waals surface area contributed by atoms with Gasteiger partial charge in [0, 0.05) is 18.8 Å². The smallest absolute Gasteiger partial charge is 0.320 e. The molecular formula is C16H25N3O2. The highest BCUT2D eigenvalue weighted by Gasteiger charge is 2.28. The molecule has 2 rings (SSSR count). The van der Waals surface area contributed by atoms with E-state index in [2.05, 4.69) is 29.5 Å². The van der Waals surface area contributed by atoms with Crippen molar-refractivity contribution < 1.29 is 9.53 Å². The van der Waals surface area contributed by atoms with E-state index in [9.17, 15) is 4.79 Å². The largest absolute Gasteiger partial charge is 0.378 e. The van der Waals surface area contributed by atoms with Crippen LogP contribution in [0.2, 0.25) is 0 Å². The molecule has 0 bridgehead atoms. The number of ether oxygens (including phenoxy) is 1. The van der Waals surface area contributed by atoms with Crippen molar-refractivity contribution in [3.05, 3.63) is 24.4 Å². The molecule has 1 aromatic heterocycles. The second-order valence-electron chi connectivity index (χ2n) is 5.52. The first-order valence-corrected chi connectivity index (χ1v) is 7.83. The first kappa shape index (κ1) is 15.8. The lowest BCUT2D eigenvalue weighted by Gasteiger charge is -2.34. The molecule has 0 aromatic carbocycles. The number of hydrogen-bond acceptors (Lipinski definition) is 3. The van der Waals surface area contributed by atoms with E-state index in [0.29, 0.717) is 11.7 Å². The topological polar surface area (TPSA) is 63.2 Å². The molecule has 1 aliphatic rings. The van der Waals surface area contributed by atoms with Crippen molar-refractivity contribution in [2.45, 2.75) is 51.7 Å². The molecule has 2 N–H and O–H groups in total. The van der Waals surface area contributed by atoms with Crippen molar-refractivity contribution in [1.29, 1.82) is 0 Å². The van der Waals surface area contributed by atoms with Crippen LogP contribution in [-0.2, 0) is 4.74 Å². The van der Waals surface area contributed by atoms with Crippen LogP contribution in [0.25, 0.3) is 0 Å². The maximum Gasteiger partial charge on any atom is 0.320 e. The summed E-state index contributed by atoms with van der Waals surface area (Å²) in [6.45, 7) is 5.11. The van der Waals surface area contributed by atoms with Gasteiger partial charge in [-0.3, -0.25) is 5.32 Å². The molecule has 2 heterocycles. The minimum absolute atomic E-state index is 0.174. The number of hydrogen-bond donors (Lipinski definition) is 2. The van der Waals surface area contributed by atoms with E-state index in [4.69, 9.17) is 4.74 Å². The number of aromatic nitrogens is 1. The Kier molecular flexibility index (Phi) is 5.99. The Labute approximate surface area is 126 Å². The first-order valence-electron chi connectivity index (χ1n) is 7.83. The Hall–Kier alpha value is -1.62. The second-order valence-corrected chi connectivity index (χ2v) is 5.52. The van der Waals surface area contributed by atoms with Crippen molar-refractivity contribution in [3.8, 4) is 0 Å². The zero-order chi connectivity index (χ0) is 15.1. The summed E-state index contributed by atoms with van der Waals surface area (Å²) in [5.41, 5.74) is 0. The zero-order valence-electron chi connectivity index (χ0n) is 12.8. The molecule has 5 heteroatoms. The van der Waals surface area contributed by atoms with Crippen molar-refractivity contribution in [3.63, 3.8) is 0 Å². The summed E-state index contributed by atoms with van der Waals surface area (Å²) in [7, 11) is 0. The van der Waals surface area contributed by atoms with Crippen molar-refractivity contribution >= 4 is 11.8 Å². The summed E-state index contributed by atoms with van der Waals surface area (Å²) in [5.74, 6) is 1.15. The Balaban J connectivity index is 1.83. The molecule has 21 heavy (non-hydrogen) atoms. The van der Waals surface area contributed by atoms with Gasteiger partial charge in [-0.1, -0.05) is 32.8 Å². The van der Waals surface area contributed by atoms with Crippen LogP contribution in [0.4, 0.5) is 10.6 Å². The van der Waals surface area contributed by atoms with E-state index in [1.807, 2.05) is 12.1 Å². The number of nitrogens with one attached hydrogen (secondary N) is 2. The summed E-state index contributed by atoms with van der Waals surface area (Å²) in [4.78, 5) is 16.1. The van der Waals surface area contributed by atoms with Crippen LogP contribution in [0.3, 0.4) is 0 Å². The summed E-state index contributed by atoms with van der Waals surface area (Å²) in [6, 6.07) is 5.43. The molecule has 1 saturated heterocycles. The molecule has 2 atom stereocenters. The molecule has 0 saturated carbocycles. The maximum atomic E-state index is 12.0. The average molecular weight is 291 g/mol. The third kappa shape index (κ3) is 4.70. The average Bonchev–Trinajstić information content (AvgIpc) is 2.50. The van der Waals surface area contributed by atoms with E-state index in [1.54, 1.807) is 12.3 Å². The lowest BCUT2D eigenvalue weighted by Crippen LogP contribution is -2.45. The summed E-state index contributed by atoms with van der Waals surface area (Å²) in [6.07, 6.45) is 5.91. The first-order chi connectivity index (χ1) is 10.2. The lowest BCUT2D eigenvalue weighted by molar-refractivity contribution is -0.0329. The second kappa shape index (κ2) is 7.98. The van der Waals surface area contributed by atoms with Crippen LogP contribution in [0.15, 0.2) is 24.4 Å². The highest BCUT2D eigenvalue weighted by atomic mass is 16.5. The monoisotopic (exact) mass is 291 g/mol. The fourth-order valence-corrected chi connectivity index (χ4v) is 2.88. The van der Waals surface area contributed by atoms with Crippen LogP contribution in [0.1, 0.15) is 39.5 Å². The molecular weight excluding hydrogens is 266 g/mol. The normalized spacial score (nSPS) is 22.0. The van der Waals surface area contributed by atoms with E-state index in [-0.39, 0.29) is 18.2 Å². The highest BCUT2D eigenvalue weighted by Crippen LogP contribution is 2.25. The molecule has 0 radical (unpaired) electrons. The van der Waals surface area contributed by atoms with Crippen LogP contribution >= 0.6 is 0 Å². The standard InChI is InChI=1S/C16H25N3O2/c1-3-12(4-2)14-11-13(8-10-21-14)18-16(20)19-15-7-5-6-9-17-15/h5-7,9,12-14H,3-4,8,10-11H2,1-2H3,(H2,17,18,19,20)/t13-,14-/m0/s1. The van der Waals surface area contributed by atoms with Crippen LogP contribution in [-0.4, -0.2) is 29.8 Å². The molecule has 0 unspecified atom stereocenters. The van der Waals surface area contributed by atoms with Crippen LogP contribution < -0.4 is 10.6 Å². The molecule has 116 valence electrons. The quantitative estimate of drug-likeness (QED) is 0.875. The fraction of sp³-hybridized carbons (Fsp3) is 0.625. The van der Waals surface area contributed by atoms with Gasteiger partial charge in [-0.25, -0.2) is 9.78 Å². The van der Waals surface area contributed by atoms with Gasteiger partial charge in [0.05, 0.1) is 6.10 Å². The van der Waals surface area contributed by atoms with Crippen LogP contribution in [0.5, 0.6) is 0 Å². The van der Waals surface area contributed by atoms with Gasteiger partial charge in [0.15, 0.2) is 0 Å². The molecule has 0 spiro atoms. The number of rotatable bonds is 5. The Morgan fingerprint density at radius 2 is 2.24 bits per heavy atom. The molecule has 5 nitrogen and oxygen atoms in total. The van der Waals surface area contributed by atoms with Gasteiger partial charge in [0.25, 0.3) is 0 Å². The van der Waals surface area contributed by atoms with E-state index in [1.165, 1.54) is 0 Å². The van der Waals surface area contributed by atoms with E-state index >= 15 is 0 Å². The molecule has 0 aliphatic carbocycles. The Morgan fingerprint density at radius 1 is 1.43 bits per heavy atom. The minimum Gasteiger partial charge on any atom is -0.378 e. The van der Waals surface area contributed by atoms with Gasteiger partial charge in [-0.15, -0.1) is 0 Å². The third-order valence-corrected chi connectivity index (χ3v) is 4.13. The Bertz CT molecular complexity index is 434. The lowest BCUT2D eigenvalue weighted by atomic mass is 9.89. The van der Waals surface area contributed by atoms with Crippen LogP contribution in [0, 0.1) is 5.92 Å². The number of pyridine rings is 1. The summed E-state index contributed by atoms with van der Waals surface area (Å²) < 4.78 is 5.87. The fourth-order valence-electron chi connectivity index (χ4n) is 2.88. The van der Waals surface area contributed by atoms with Gasteiger partial charge in [-0.05, 0) is 30.9 Å². The van der Waals surface area contributed by atoms with Gasteiger partial charge in [0.2, 0.25) is 0 Å². The molecule has 1 fully saturated rings. The summed E-state index contributed by atoms with van der Waals surface area (Å²) >= 11 is 0. The molecule has 1 aliphatic heterocycles. The third-order valence-electron chi connectivity index (χ3n) is 4.13. The molecule has 2 amide bonds. The zero-order valence-corrected chi connectivity index (χ0v) is 12.8. The van der Waals surface area contributed by atoms with Gasteiger partial charge in [-0.2, -0.15) is 0 Å². The van der Waals surface area contributed by atoms with E-state index < -0.39 is 0 Å². The number of nitrogens with zero attached hydrogens (tertiary/aromatic N) is 1. The van der Waals surface area contributed by atoms with Gasteiger partial charge < -0.3 is 10.1 Å². The number of urea groups is 1. The predicted molar refractivity (Wildman–Crippen MR) is 83.2 cm³/mol. The minimum atomic E-state index is -0.191. The summed E-state index contributed by atoms with van der Waals surface area (Å²) in [5, 5.41) is 5.79. The number of carbonyl (C=O) groups excluding carboxylic acids is 1. The number of carbonyl (C=O) groups is 1. The molecule has 1 aromatic rings. The highest BCUT2D eigenvalue weighted by molar-refractivity contribution is 5.88. The van der Waals surface area contributed by atoms with Crippen molar-refractivity contribution in [1.82, 2.24) is 10.3 Å². The van der Waals surface area contributed by atoms with Crippen molar-refractivity contribution in [2.75, 3.05) is 11.9 Å². The van der Waals surface area contributed by atoms with Gasteiger partial charge >= 0.3 is 6.03 Å². The number of amides is 2. The number of anilines is 1. The van der Waals surface area contributed by atoms with Crippen molar-refractivity contribution in [2.24, 2.45) is 5.92 Å². The SMILES string of the molecule is CCC(CC)[C@@H]1C[C@@H](NC(=O)Nc2ccccn2)CCO1. The van der Waals surface area contributed by atoms with Gasteiger partial charge in [0.1, 0.15) is 5.82 Å².